The smallest absolute Gasteiger partial charge is 0.0717 e. The Kier molecular flexibility index (Phi) is 3.27. The molecular formula is C8H16BN. The van der Waals surface area contributed by atoms with Crippen LogP contribution in [0.1, 0.15) is 26.2 Å². The summed E-state index contributed by atoms with van der Waals surface area (Å²) in [5.74, 6) is 0.455. The number of rotatable bonds is 3. The van der Waals surface area contributed by atoms with Gasteiger partial charge in [-0.15, -0.1) is 0 Å². The summed E-state index contributed by atoms with van der Waals surface area (Å²) in [5, 5.41) is 0. The lowest BCUT2D eigenvalue weighted by molar-refractivity contribution is 0.332. The Balaban J connectivity index is 2.06. The minimum absolute atomic E-state index is 0.455. The van der Waals surface area contributed by atoms with Crippen molar-refractivity contribution in [3.63, 3.8) is 0 Å². The highest BCUT2D eigenvalue weighted by molar-refractivity contribution is 6.11. The van der Waals surface area contributed by atoms with Gasteiger partial charge >= 0.3 is 0 Å². The highest BCUT2D eigenvalue weighted by atomic mass is 15.1. The van der Waals surface area contributed by atoms with Crippen LogP contribution in [0, 0.1) is 0 Å². The van der Waals surface area contributed by atoms with Crippen LogP contribution >= 0.6 is 0 Å². The summed E-state index contributed by atoms with van der Waals surface area (Å²) in [6, 6.07) is 0. The third-order valence-corrected chi connectivity index (χ3v) is 2.14. The first-order chi connectivity index (χ1) is 4.83. The number of likely N-dealkylation sites (tertiary alicyclic amines) is 1. The zero-order valence-electron chi connectivity index (χ0n) is 6.84. The predicted molar refractivity (Wildman–Crippen MR) is 45.5 cm³/mol. The molecule has 1 aliphatic heterocycles. The van der Waals surface area contributed by atoms with Crippen molar-refractivity contribution in [3.05, 3.63) is 0 Å². The van der Waals surface area contributed by atoms with E-state index in [4.69, 9.17) is 7.85 Å². The van der Waals surface area contributed by atoms with E-state index in [1.165, 1.54) is 32.4 Å². The molecule has 0 aromatic rings. The normalized spacial score (nSPS) is 27.5. The quantitative estimate of drug-likeness (QED) is 0.532. The molecule has 1 unspecified atom stereocenters. The van der Waals surface area contributed by atoms with Gasteiger partial charge in [0, 0.05) is 0 Å². The molecule has 2 radical (unpaired) electrons. The molecule has 0 aromatic heterocycles. The van der Waals surface area contributed by atoms with Crippen LogP contribution in [0.15, 0.2) is 0 Å². The molecule has 1 aliphatic rings. The van der Waals surface area contributed by atoms with Gasteiger partial charge in [-0.25, -0.2) is 0 Å². The van der Waals surface area contributed by atoms with Gasteiger partial charge in [-0.3, -0.25) is 0 Å². The van der Waals surface area contributed by atoms with Crippen molar-refractivity contribution in [1.82, 2.24) is 4.90 Å². The predicted octanol–water partition coefficient (Wildman–Crippen LogP) is 1.45. The Morgan fingerprint density at radius 3 is 2.90 bits per heavy atom. The van der Waals surface area contributed by atoms with Gasteiger partial charge in [0.15, 0.2) is 0 Å². The van der Waals surface area contributed by atoms with Gasteiger partial charge in [-0.05, 0) is 32.5 Å². The first kappa shape index (κ1) is 8.12. The summed E-state index contributed by atoms with van der Waals surface area (Å²) >= 11 is 0. The van der Waals surface area contributed by atoms with Crippen LogP contribution in [0.4, 0.5) is 0 Å². The summed E-state index contributed by atoms with van der Waals surface area (Å²) in [6.07, 6.45) is 3.82. The lowest BCUT2D eigenvalue weighted by Crippen LogP contribution is -2.20. The van der Waals surface area contributed by atoms with Crippen molar-refractivity contribution in [2.75, 3.05) is 19.6 Å². The molecule has 2 heteroatoms. The Hall–Kier alpha value is 0.0249. The van der Waals surface area contributed by atoms with Gasteiger partial charge in [0.1, 0.15) is 0 Å². The Morgan fingerprint density at radius 2 is 2.40 bits per heavy atom. The van der Waals surface area contributed by atoms with Gasteiger partial charge in [0.25, 0.3) is 0 Å². The van der Waals surface area contributed by atoms with Crippen LogP contribution in [0.3, 0.4) is 0 Å². The second-order valence-electron chi connectivity index (χ2n) is 3.20. The van der Waals surface area contributed by atoms with Gasteiger partial charge in [-0.1, -0.05) is 19.2 Å². The molecule has 56 valence electrons. The summed E-state index contributed by atoms with van der Waals surface area (Å²) in [7, 11) is 5.76. The third-order valence-electron chi connectivity index (χ3n) is 2.14. The monoisotopic (exact) mass is 137 g/mol. The van der Waals surface area contributed by atoms with Crippen LogP contribution < -0.4 is 0 Å². The van der Waals surface area contributed by atoms with Crippen molar-refractivity contribution < 1.29 is 0 Å². The third kappa shape index (κ3) is 2.33. The largest absolute Gasteiger partial charge is 0.304 e. The molecule has 1 saturated heterocycles. The second kappa shape index (κ2) is 4.02. The van der Waals surface area contributed by atoms with Crippen LogP contribution in [0.5, 0.6) is 0 Å². The Morgan fingerprint density at radius 1 is 1.60 bits per heavy atom. The zero-order valence-corrected chi connectivity index (χ0v) is 6.84. The van der Waals surface area contributed by atoms with E-state index in [-0.39, 0.29) is 0 Å². The highest BCUT2D eigenvalue weighted by Crippen LogP contribution is 2.17. The molecule has 0 N–H and O–H groups in total. The van der Waals surface area contributed by atoms with Crippen molar-refractivity contribution in [1.29, 1.82) is 0 Å². The summed E-state index contributed by atoms with van der Waals surface area (Å²) < 4.78 is 0. The lowest BCUT2D eigenvalue weighted by atomic mass is 9.87. The molecule has 0 aliphatic carbocycles. The van der Waals surface area contributed by atoms with Gasteiger partial charge < -0.3 is 4.90 Å². The molecule has 1 nitrogen and oxygen atoms in total. The molecule has 1 fully saturated rings. The van der Waals surface area contributed by atoms with E-state index < -0.39 is 0 Å². The second-order valence-corrected chi connectivity index (χ2v) is 3.20. The molecule has 0 amide bonds. The van der Waals surface area contributed by atoms with Crippen molar-refractivity contribution in [2.24, 2.45) is 0 Å². The standard InChI is InChI=1S/C8H16BN/c1-2-3-5-10-6-4-8(9)7-10/h8H,2-7H2,1H3. The topological polar surface area (TPSA) is 3.24 Å². The molecule has 0 bridgehead atoms. The first-order valence-electron chi connectivity index (χ1n) is 4.31. The van der Waals surface area contributed by atoms with Gasteiger partial charge in [-0.2, -0.15) is 0 Å². The molecule has 10 heavy (non-hydrogen) atoms. The molecule has 1 atom stereocenters. The molecule has 1 rings (SSSR count). The minimum atomic E-state index is 0.455. The number of hydrogen-bond acceptors (Lipinski definition) is 1. The van der Waals surface area contributed by atoms with Crippen molar-refractivity contribution in [3.8, 4) is 0 Å². The lowest BCUT2D eigenvalue weighted by Gasteiger charge is -2.13. The van der Waals surface area contributed by atoms with E-state index in [1.54, 1.807) is 0 Å². The number of hydrogen-bond donors (Lipinski definition) is 0. The minimum Gasteiger partial charge on any atom is -0.304 e. The maximum absolute atomic E-state index is 5.76. The van der Waals surface area contributed by atoms with E-state index in [9.17, 15) is 0 Å². The fourth-order valence-corrected chi connectivity index (χ4v) is 1.45. The van der Waals surface area contributed by atoms with E-state index in [1.807, 2.05) is 0 Å². The molecule has 0 saturated carbocycles. The van der Waals surface area contributed by atoms with E-state index in [0.717, 1.165) is 6.54 Å². The fraction of sp³-hybridized carbons (Fsp3) is 1.00. The van der Waals surface area contributed by atoms with Crippen LogP contribution in [0.25, 0.3) is 0 Å². The SMILES string of the molecule is [B]C1CCN(CCCC)C1. The first-order valence-corrected chi connectivity index (χ1v) is 4.31. The zero-order chi connectivity index (χ0) is 7.40. The summed E-state index contributed by atoms with van der Waals surface area (Å²) in [6.45, 7) is 5.83. The number of unbranched alkanes of at least 4 members (excludes halogenated alkanes) is 1. The van der Waals surface area contributed by atoms with Crippen LogP contribution in [-0.2, 0) is 0 Å². The average molecular weight is 137 g/mol. The van der Waals surface area contributed by atoms with Crippen molar-refractivity contribution in [2.45, 2.75) is 32.0 Å². The Bertz CT molecular complexity index is 95.3. The van der Waals surface area contributed by atoms with Crippen molar-refractivity contribution >= 4 is 7.85 Å². The van der Waals surface area contributed by atoms with Crippen LogP contribution in [0.2, 0.25) is 5.82 Å². The molecular weight excluding hydrogens is 121 g/mol. The fourth-order valence-electron chi connectivity index (χ4n) is 1.45. The van der Waals surface area contributed by atoms with E-state index in [0.29, 0.717) is 5.82 Å². The van der Waals surface area contributed by atoms with Gasteiger partial charge in [0.05, 0.1) is 7.85 Å². The average Bonchev–Trinajstić information content (AvgIpc) is 2.31. The van der Waals surface area contributed by atoms with Crippen LogP contribution in [-0.4, -0.2) is 32.4 Å². The molecule has 0 spiro atoms. The van der Waals surface area contributed by atoms with Gasteiger partial charge in [0.2, 0.25) is 0 Å². The number of nitrogens with zero attached hydrogens (tertiary/aromatic N) is 1. The summed E-state index contributed by atoms with van der Waals surface area (Å²) in [4.78, 5) is 2.47. The maximum atomic E-state index is 5.76. The van der Waals surface area contributed by atoms with E-state index >= 15 is 0 Å². The maximum Gasteiger partial charge on any atom is 0.0717 e. The highest BCUT2D eigenvalue weighted by Gasteiger charge is 2.16. The van der Waals surface area contributed by atoms with E-state index in [2.05, 4.69) is 11.8 Å². The Labute approximate surface area is 65.2 Å². The molecule has 1 heterocycles. The molecule has 0 aromatic carbocycles. The summed E-state index contributed by atoms with van der Waals surface area (Å²) in [5.41, 5.74) is 0.